The predicted molar refractivity (Wildman–Crippen MR) is 97.1 cm³/mol. The van der Waals surface area contributed by atoms with E-state index in [1.807, 2.05) is 30.3 Å². The molecule has 0 aliphatic heterocycles. The smallest absolute Gasteiger partial charge is 0.229 e. The normalized spacial score (nSPS) is 17.7. The van der Waals surface area contributed by atoms with Crippen molar-refractivity contribution in [2.45, 2.75) is 31.6 Å². The minimum atomic E-state index is -0.379. The van der Waals surface area contributed by atoms with E-state index in [1.54, 1.807) is 0 Å². The molecule has 2 aliphatic carbocycles. The van der Waals surface area contributed by atoms with Crippen LogP contribution in [0.3, 0.4) is 0 Å². The Balaban J connectivity index is 1.75. The molecule has 0 bridgehead atoms. The van der Waals surface area contributed by atoms with Gasteiger partial charge in [0.25, 0.3) is 0 Å². The van der Waals surface area contributed by atoms with Crippen molar-refractivity contribution in [3.63, 3.8) is 0 Å². The first-order chi connectivity index (χ1) is 12.2. The second-order valence-corrected chi connectivity index (χ2v) is 6.91. The van der Waals surface area contributed by atoms with Crippen LogP contribution in [0.1, 0.15) is 41.3 Å². The number of rotatable bonds is 2. The highest BCUT2D eigenvalue weighted by molar-refractivity contribution is 5.99. The maximum Gasteiger partial charge on any atom is 0.229 e. The van der Waals surface area contributed by atoms with Crippen molar-refractivity contribution in [2.24, 2.45) is 5.73 Å². The van der Waals surface area contributed by atoms with Gasteiger partial charge in [-0.3, -0.25) is 4.79 Å². The van der Waals surface area contributed by atoms with E-state index in [0.29, 0.717) is 0 Å². The van der Waals surface area contributed by atoms with Crippen LogP contribution in [-0.4, -0.2) is 15.9 Å². The summed E-state index contributed by atoms with van der Waals surface area (Å²) in [6, 6.07) is 14.1. The number of aromatic amines is 1. The highest BCUT2D eigenvalue weighted by Crippen LogP contribution is 2.48. The summed E-state index contributed by atoms with van der Waals surface area (Å²) in [6.45, 7) is 0. The molecule has 5 rings (SSSR count). The Kier molecular flexibility index (Phi) is 3.07. The van der Waals surface area contributed by atoms with Crippen molar-refractivity contribution < 1.29 is 4.79 Å². The molecule has 4 nitrogen and oxygen atoms in total. The maximum absolute atomic E-state index is 12.1. The number of imidazole rings is 1. The highest BCUT2D eigenvalue weighted by atomic mass is 16.1. The lowest BCUT2D eigenvalue weighted by Crippen LogP contribution is -2.20. The van der Waals surface area contributed by atoms with E-state index in [9.17, 15) is 4.79 Å². The Morgan fingerprint density at radius 1 is 1.00 bits per heavy atom. The molecular formula is C21H19N3O. The number of fused-ring (bicyclic) bond motifs is 4. The number of benzene rings is 2. The Labute approximate surface area is 146 Å². The van der Waals surface area contributed by atoms with Gasteiger partial charge in [-0.1, -0.05) is 42.5 Å². The van der Waals surface area contributed by atoms with Gasteiger partial charge in [-0.25, -0.2) is 4.98 Å². The average molecular weight is 329 g/mol. The SMILES string of the molecule is NC(=O)C1c2ccccc2-c2c(-c3nc4c([nH]3)CCCC4)cccc21. The lowest BCUT2D eigenvalue weighted by atomic mass is 9.95. The van der Waals surface area contributed by atoms with Gasteiger partial charge >= 0.3 is 0 Å². The summed E-state index contributed by atoms with van der Waals surface area (Å²) in [6.07, 6.45) is 4.53. The van der Waals surface area contributed by atoms with Crippen LogP contribution in [-0.2, 0) is 17.6 Å². The lowest BCUT2D eigenvalue weighted by Gasteiger charge is -2.10. The Bertz CT molecular complexity index is 979. The number of hydrogen-bond donors (Lipinski definition) is 2. The quantitative estimate of drug-likeness (QED) is 0.754. The first-order valence-electron chi connectivity index (χ1n) is 8.83. The van der Waals surface area contributed by atoms with Crippen LogP contribution < -0.4 is 5.73 Å². The molecule has 3 aromatic rings. The number of hydrogen-bond acceptors (Lipinski definition) is 2. The van der Waals surface area contributed by atoms with E-state index < -0.39 is 0 Å². The fourth-order valence-corrected chi connectivity index (χ4v) is 4.34. The molecule has 4 heteroatoms. The third-order valence-corrected chi connectivity index (χ3v) is 5.44. The minimum Gasteiger partial charge on any atom is -0.369 e. The molecule has 0 saturated carbocycles. The van der Waals surface area contributed by atoms with E-state index in [4.69, 9.17) is 10.7 Å². The zero-order valence-corrected chi connectivity index (χ0v) is 13.9. The van der Waals surface area contributed by atoms with Gasteiger partial charge in [-0.2, -0.15) is 0 Å². The van der Waals surface area contributed by atoms with Gasteiger partial charge in [-0.15, -0.1) is 0 Å². The van der Waals surface area contributed by atoms with E-state index in [1.165, 1.54) is 24.2 Å². The first kappa shape index (κ1) is 14.5. The van der Waals surface area contributed by atoms with Crippen LogP contribution in [0, 0.1) is 0 Å². The summed E-state index contributed by atoms with van der Waals surface area (Å²) in [5.74, 6) is 0.224. The van der Waals surface area contributed by atoms with Gasteiger partial charge < -0.3 is 10.7 Å². The van der Waals surface area contributed by atoms with Crippen LogP contribution in [0.5, 0.6) is 0 Å². The number of aromatic nitrogens is 2. The van der Waals surface area contributed by atoms with Gasteiger partial charge in [0, 0.05) is 11.3 Å². The zero-order chi connectivity index (χ0) is 17.0. The summed E-state index contributed by atoms with van der Waals surface area (Å²) in [4.78, 5) is 20.5. The van der Waals surface area contributed by atoms with Crippen LogP contribution in [0.2, 0.25) is 0 Å². The monoisotopic (exact) mass is 329 g/mol. The summed E-state index contributed by atoms with van der Waals surface area (Å²) >= 11 is 0. The van der Waals surface area contributed by atoms with E-state index in [0.717, 1.165) is 46.5 Å². The third-order valence-electron chi connectivity index (χ3n) is 5.44. The van der Waals surface area contributed by atoms with Gasteiger partial charge in [0.05, 0.1) is 11.6 Å². The van der Waals surface area contributed by atoms with Gasteiger partial charge in [0.15, 0.2) is 0 Å². The molecule has 25 heavy (non-hydrogen) atoms. The number of nitrogens with one attached hydrogen (secondary N) is 1. The largest absolute Gasteiger partial charge is 0.369 e. The van der Waals surface area contributed by atoms with E-state index in [-0.39, 0.29) is 11.8 Å². The summed E-state index contributed by atoms with van der Waals surface area (Å²) in [5, 5.41) is 0. The molecule has 1 unspecified atom stereocenters. The molecule has 3 N–H and O–H groups in total. The number of carbonyl (C=O) groups is 1. The molecule has 1 heterocycles. The van der Waals surface area contributed by atoms with Crippen LogP contribution in [0.25, 0.3) is 22.5 Å². The second-order valence-electron chi connectivity index (χ2n) is 6.91. The summed E-state index contributed by atoms with van der Waals surface area (Å²) in [7, 11) is 0. The maximum atomic E-state index is 12.1. The molecule has 0 spiro atoms. The topological polar surface area (TPSA) is 71.8 Å². The van der Waals surface area contributed by atoms with Gasteiger partial charge in [-0.05, 0) is 47.9 Å². The zero-order valence-electron chi connectivity index (χ0n) is 13.9. The summed E-state index contributed by atoms with van der Waals surface area (Å²) in [5.41, 5.74) is 13.4. The highest BCUT2D eigenvalue weighted by Gasteiger charge is 2.34. The van der Waals surface area contributed by atoms with Crippen molar-refractivity contribution in [3.05, 3.63) is 65.0 Å². The number of aryl methyl sites for hydroxylation is 2. The van der Waals surface area contributed by atoms with Crippen LogP contribution in [0.4, 0.5) is 0 Å². The Morgan fingerprint density at radius 2 is 1.76 bits per heavy atom. The summed E-state index contributed by atoms with van der Waals surface area (Å²) < 4.78 is 0. The molecule has 124 valence electrons. The average Bonchev–Trinajstić information content (AvgIpc) is 3.20. The molecule has 2 aliphatic rings. The number of amides is 1. The number of primary amides is 1. The first-order valence-corrected chi connectivity index (χ1v) is 8.83. The second kappa shape index (κ2) is 5.31. The lowest BCUT2D eigenvalue weighted by molar-refractivity contribution is -0.118. The number of nitrogens with zero attached hydrogens (tertiary/aromatic N) is 1. The standard InChI is InChI=1S/C21H19N3O/c22-20(25)19-13-7-2-1-6-12(13)18-14(19)8-5-9-15(18)21-23-16-10-3-4-11-17(16)24-21/h1-2,5-9,19H,3-4,10-11H2,(H2,22,25)(H,23,24). The van der Waals surface area contributed by atoms with E-state index >= 15 is 0 Å². The van der Waals surface area contributed by atoms with Crippen molar-refractivity contribution in [1.82, 2.24) is 9.97 Å². The molecular weight excluding hydrogens is 310 g/mol. The molecule has 0 fully saturated rings. The fourth-order valence-electron chi connectivity index (χ4n) is 4.34. The molecule has 2 aromatic carbocycles. The predicted octanol–water partition coefficient (Wildman–Crippen LogP) is 3.55. The van der Waals surface area contributed by atoms with Crippen LogP contribution >= 0.6 is 0 Å². The van der Waals surface area contributed by atoms with E-state index in [2.05, 4.69) is 17.1 Å². The fraction of sp³-hybridized carbons (Fsp3) is 0.238. The van der Waals surface area contributed by atoms with Crippen LogP contribution in [0.15, 0.2) is 42.5 Å². The van der Waals surface area contributed by atoms with Gasteiger partial charge in [0.1, 0.15) is 5.82 Å². The molecule has 0 saturated heterocycles. The number of nitrogens with two attached hydrogens (primary N) is 1. The Morgan fingerprint density at radius 3 is 2.60 bits per heavy atom. The third kappa shape index (κ3) is 2.07. The van der Waals surface area contributed by atoms with Crippen molar-refractivity contribution in [1.29, 1.82) is 0 Å². The minimum absolute atomic E-state index is 0.304. The number of H-pyrrole nitrogens is 1. The molecule has 1 aromatic heterocycles. The van der Waals surface area contributed by atoms with Crippen molar-refractivity contribution in [3.8, 4) is 22.5 Å². The molecule has 0 radical (unpaired) electrons. The number of carbonyl (C=O) groups excluding carboxylic acids is 1. The van der Waals surface area contributed by atoms with Crippen molar-refractivity contribution >= 4 is 5.91 Å². The molecule has 1 amide bonds. The molecule has 1 atom stereocenters. The van der Waals surface area contributed by atoms with Crippen molar-refractivity contribution in [2.75, 3.05) is 0 Å². The Hall–Kier alpha value is -2.88. The van der Waals surface area contributed by atoms with Gasteiger partial charge in [0.2, 0.25) is 5.91 Å².